The highest BCUT2D eigenvalue weighted by Crippen LogP contribution is 2.28. The van der Waals surface area contributed by atoms with Gasteiger partial charge in [0.05, 0.1) is 7.11 Å². The van der Waals surface area contributed by atoms with Crippen molar-refractivity contribution in [2.24, 2.45) is 5.92 Å². The van der Waals surface area contributed by atoms with Crippen LogP contribution in [0, 0.1) is 5.92 Å². The molecule has 0 aromatic heterocycles. The van der Waals surface area contributed by atoms with Gasteiger partial charge in [-0.3, -0.25) is 0 Å². The summed E-state index contributed by atoms with van der Waals surface area (Å²) in [4.78, 5) is 0. The van der Waals surface area contributed by atoms with Crippen LogP contribution in [0.1, 0.15) is 31.4 Å². The van der Waals surface area contributed by atoms with Gasteiger partial charge < -0.3 is 19.9 Å². The summed E-state index contributed by atoms with van der Waals surface area (Å²) in [5.41, 5.74) is 1.12. The predicted molar refractivity (Wildman–Crippen MR) is 74.6 cm³/mol. The second kappa shape index (κ2) is 6.78. The van der Waals surface area contributed by atoms with Crippen LogP contribution in [0.5, 0.6) is 11.5 Å². The fraction of sp³-hybridized carbons (Fsp3) is 0.600. The first-order chi connectivity index (χ1) is 9.20. The molecule has 2 unspecified atom stereocenters. The molecule has 0 radical (unpaired) electrons. The van der Waals surface area contributed by atoms with Gasteiger partial charge in [-0.2, -0.15) is 0 Å². The zero-order valence-corrected chi connectivity index (χ0v) is 11.7. The van der Waals surface area contributed by atoms with E-state index in [0.29, 0.717) is 11.7 Å². The molecule has 2 N–H and O–H groups in total. The standard InChI is InChI=1S/C15H23NO3/c1-11(16-7-5-12-6-8-19-10-12)13-3-4-14(17)15(9-13)18-2/h3-4,9,11-12,16-17H,5-8,10H2,1-2H3. The lowest BCUT2D eigenvalue weighted by Crippen LogP contribution is -2.22. The van der Waals surface area contributed by atoms with Crippen molar-refractivity contribution in [3.05, 3.63) is 23.8 Å². The quantitative estimate of drug-likeness (QED) is 0.829. The van der Waals surface area contributed by atoms with Crippen LogP contribution in [0.4, 0.5) is 0 Å². The number of hydrogen-bond donors (Lipinski definition) is 2. The average Bonchev–Trinajstić information content (AvgIpc) is 2.92. The van der Waals surface area contributed by atoms with Gasteiger partial charge in [-0.25, -0.2) is 0 Å². The van der Waals surface area contributed by atoms with Crippen molar-refractivity contribution >= 4 is 0 Å². The molecule has 0 bridgehead atoms. The Kier molecular flexibility index (Phi) is 5.05. The maximum Gasteiger partial charge on any atom is 0.160 e. The number of nitrogens with one attached hydrogen (secondary N) is 1. The van der Waals surface area contributed by atoms with E-state index in [4.69, 9.17) is 9.47 Å². The minimum Gasteiger partial charge on any atom is -0.504 e. The topological polar surface area (TPSA) is 50.7 Å². The molecule has 2 atom stereocenters. The largest absolute Gasteiger partial charge is 0.504 e. The zero-order chi connectivity index (χ0) is 13.7. The second-order valence-corrected chi connectivity index (χ2v) is 5.13. The van der Waals surface area contributed by atoms with Gasteiger partial charge in [0.2, 0.25) is 0 Å². The first-order valence-electron chi connectivity index (χ1n) is 6.88. The number of benzene rings is 1. The average molecular weight is 265 g/mol. The summed E-state index contributed by atoms with van der Waals surface area (Å²) in [5.74, 6) is 1.41. The highest BCUT2D eigenvalue weighted by atomic mass is 16.5. The van der Waals surface area contributed by atoms with E-state index in [1.165, 1.54) is 6.42 Å². The Balaban J connectivity index is 1.83. The summed E-state index contributed by atoms with van der Waals surface area (Å²) in [5, 5.41) is 13.1. The SMILES string of the molecule is COc1cc(C(C)NCCC2CCOC2)ccc1O. The molecule has 1 aliphatic heterocycles. The van der Waals surface area contributed by atoms with Crippen molar-refractivity contribution in [1.29, 1.82) is 0 Å². The molecule has 0 spiro atoms. The summed E-state index contributed by atoms with van der Waals surface area (Å²) in [7, 11) is 1.57. The number of ether oxygens (including phenoxy) is 2. The van der Waals surface area contributed by atoms with Crippen molar-refractivity contribution in [2.45, 2.75) is 25.8 Å². The molecular formula is C15H23NO3. The summed E-state index contributed by atoms with van der Waals surface area (Å²) in [6, 6.07) is 5.73. The number of hydrogen-bond acceptors (Lipinski definition) is 4. The lowest BCUT2D eigenvalue weighted by atomic mass is 10.0. The van der Waals surface area contributed by atoms with Crippen LogP contribution in [0.3, 0.4) is 0 Å². The van der Waals surface area contributed by atoms with Gasteiger partial charge in [0.15, 0.2) is 11.5 Å². The van der Waals surface area contributed by atoms with Crippen molar-refractivity contribution in [1.82, 2.24) is 5.32 Å². The summed E-state index contributed by atoms with van der Waals surface area (Å²) >= 11 is 0. The molecule has 4 nitrogen and oxygen atoms in total. The lowest BCUT2D eigenvalue weighted by molar-refractivity contribution is 0.184. The van der Waals surface area contributed by atoms with Crippen LogP contribution in [-0.4, -0.2) is 32.0 Å². The lowest BCUT2D eigenvalue weighted by Gasteiger charge is -2.16. The first kappa shape index (κ1) is 14.2. The van der Waals surface area contributed by atoms with Crippen LogP contribution in [-0.2, 0) is 4.74 Å². The Morgan fingerprint density at radius 3 is 3.05 bits per heavy atom. The van der Waals surface area contributed by atoms with Crippen molar-refractivity contribution in [3.8, 4) is 11.5 Å². The molecule has 19 heavy (non-hydrogen) atoms. The van der Waals surface area contributed by atoms with E-state index in [0.717, 1.165) is 31.7 Å². The van der Waals surface area contributed by atoms with E-state index < -0.39 is 0 Å². The number of rotatable bonds is 6. The van der Waals surface area contributed by atoms with Gasteiger partial charge in [0.1, 0.15) is 0 Å². The smallest absolute Gasteiger partial charge is 0.160 e. The van der Waals surface area contributed by atoms with Gasteiger partial charge >= 0.3 is 0 Å². The first-order valence-corrected chi connectivity index (χ1v) is 6.88. The molecule has 0 aliphatic carbocycles. The molecule has 1 aliphatic rings. The Morgan fingerprint density at radius 1 is 1.53 bits per heavy atom. The highest BCUT2D eigenvalue weighted by molar-refractivity contribution is 5.42. The van der Waals surface area contributed by atoms with Crippen LogP contribution in [0.25, 0.3) is 0 Å². The van der Waals surface area contributed by atoms with Gasteiger partial charge in [-0.1, -0.05) is 6.07 Å². The van der Waals surface area contributed by atoms with Crippen molar-refractivity contribution in [2.75, 3.05) is 26.9 Å². The third-order valence-electron chi connectivity index (χ3n) is 3.73. The molecule has 1 aromatic carbocycles. The Morgan fingerprint density at radius 2 is 2.37 bits per heavy atom. The minimum absolute atomic E-state index is 0.182. The third kappa shape index (κ3) is 3.85. The summed E-state index contributed by atoms with van der Waals surface area (Å²) in [6.45, 7) is 4.92. The maximum absolute atomic E-state index is 9.58. The molecular weight excluding hydrogens is 242 g/mol. The van der Waals surface area contributed by atoms with Crippen LogP contribution >= 0.6 is 0 Å². The monoisotopic (exact) mass is 265 g/mol. The predicted octanol–water partition coefficient (Wildman–Crippen LogP) is 2.48. The van der Waals surface area contributed by atoms with Gasteiger partial charge in [0, 0.05) is 19.3 Å². The fourth-order valence-electron chi connectivity index (χ4n) is 2.40. The van der Waals surface area contributed by atoms with Crippen LogP contribution in [0.2, 0.25) is 0 Å². The van der Waals surface area contributed by atoms with E-state index in [2.05, 4.69) is 12.2 Å². The Labute approximate surface area is 114 Å². The van der Waals surface area contributed by atoms with Crippen molar-refractivity contribution in [3.63, 3.8) is 0 Å². The molecule has 0 saturated carbocycles. The number of phenols is 1. The van der Waals surface area contributed by atoms with Gasteiger partial charge in [0.25, 0.3) is 0 Å². The van der Waals surface area contributed by atoms with E-state index in [-0.39, 0.29) is 11.8 Å². The van der Waals surface area contributed by atoms with E-state index in [1.807, 2.05) is 12.1 Å². The number of phenolic OH excluding ortho intramolecular Hbond substituents is 1. The van der Waals surface area contributed by atoms with Crippen molar-refractivity contribution < 1.29 is 14.6 Å². The Bertz CT molecular complexity index is 402. The molecule has 1 saturated heterocycles. The molecule has 2 rings (SSSR count). The van der Waals surface area contributed by atoms with E-state index in [1.54, 1.807) is 13.2 Å². The van der Waals surface area contributed by atoms with Gasteiger partial charge in [-0.15, -0.1) is 0 Å². The number of methoxy groups -OCH3 is 1. The maximum atomic E-state index is 9.58. The zero-order valence-electron chi connectivity index (χ0n) is 11.7. The van der Waals surface area contributed by atoms with E-state index in [9.17, 15) is 5.11 Å². The normalized spacial score (nSPS) is 20.4. The molecule has 1 fully saturated rings. The fourth-order valence-corrected chi connectivity index (χ4v) is 2.40. The minimum atomic E-state index is 0.182. The Hall–Kier alpha value is -1.26. The van der Waals surface area contributed by atoms with Crippen LogP contribution in [0.15, 0.2) is 18.2 Å². The van der Waals surface area contributed by atoms with Gasteiger partial charge in [-0.05, 0) is 49.9 Å². The highest BCUT2D eigenvalue weighted by Gasteiger charge is 2.15. The summed E-state index contributed by atoms with van der Waals surface area (Å²) in [6.07, 6.45) is 2.34. The number of aromatic hydroxyl groups is 1. The molecule has 1 aromatic rings. The van der Waals surface area contributed by atoms with Crippen LogP contribution < -0.4 is 10.1 Å². The molecule has 106 valence electrons. The molecule has 0 amide bonds. The summed E-state index contributed by atoms with van der Waals surface area (Å²) < 4.78 is 10.5. The molecule has 1 heterocycles. The molecule has 4 heteroatoms. The van der Waals surface area contributed by atoms with E-state index >= 15 is 0 Å². The third-order valence-corrected chi connectivity index (χ3v) is 3.73. The second-order valence-electron chi connectivity index (χ2n) is 5.13.